The molecular weight excluding hydrogens is 321 g/mol. The summed E-state index contributed by atoms with van der Waals surface area (Å²) >= 11 is 0. The summed E-state index contributed by atoms with van der Waals surface area (Å²) in [5.74, 6) is -0.529. The monoisotopic (exact) mass is 338 g/mol. The van der Waals surface area contributed by atoms with Gasteiger partial charge in [-0.1, -0.05) is 18.2 Å². The Morgan fingerprint density at radius 2 is 2.00 bits per heavy atom. The maximum atomic E-state index is 12.5. The van der Waals surface area contributed by atoms with Crippen molar-refractivity contribution in [3.8, 4) is 5.69 Å². The second-order valence-corrected chi connectivity index (χ2v) is 5.75. The number of carbonyl (C=O) groups is 1. The van der Waals surface area contributed by atoms with Gasteiger partial charge < -0.3 is 10.2 Å². The Kier molecular flexibility index (Phi) is 4.21. The van der Waals surface area contributed by atoms with Crippen LogP contribution >= 0.6 is 0 Å². The van der Waals surface area contributed by atoms with E-state index in [0.717, 1.165) is 16.3 Å². The molecule has 1 atom stereocenters. The van der Waals surface area contributed by atoms with Gasteiger partial charge in [-0.2, -0.15) is 18.3 Å². The number of anilines is 1. The number of nitrogens with one attached hydrogen (secondary N) is 1. The number of halogens is 3. The number of aromatic nitrogens is 2. The Balaban J connectivity index is 1.72. The largest absolute Gasteiger partial charge is 0.406 e. The van der Waals surface area contributed by atoms with Crippen molar-refractivity contribution in [3.63, 3.8) is 0 Å². The lowest BCUT2D eigenvalue weighted by atomic mass is 10.2. The first-order valence-corrected chi connectivity index (χ1v) is 7.57. The van der Waals surface area contributed by atoms with E-state index in [4.69, 9.17) is 0 Å². The molecule has 1 N–H and O–H groups in total. The molecule has 0 saturated carbocycles. The Hall–Kier alpha value is -2.51. The van der Waals surface area contributed by atoms with Crippen molar-refractivity contribution < 1.29 is 18.0 Å². The van der Waals surface area contributed by atoms with Crippen LogP contribution in [0.1, 0.15) is 12.1 Å². The number of rotatable bonds is 4. The molecule has 1 aliphatic rings. The average Bonchev–Trinajstić information content (AvgIpc) is 3.05. The first-order valence-electron chi connectivity index (χ1n) is 7.57. The van der Waals surface area contributed by atoms with Gasteiger partial charge in [0, 0.05) is 6.54 Å². The van der Waals surface area contributed by atoms with Gasteiger partial charge >= 0.3 is 6.18 Å². The highest BCUT2D eigenvalue weighted by atomic mass is 19.4. The van der Waals surface area contributed by atoms with Gasteiger partial charge in [0.15, 0.2) is 0 Å². The Bertz CT molecular complexity index is 727. The molecule has 8 heteroatoms. The zero-order valence-corrected chi connectivity index (χ0v) is 13.0. The first-order chi connectivity index (χ1) is 11.3. The smallest absolute Gasteiger partial charge is 0.371 e. The number of nitrogens with zero attached hydrogens (tertiary/aromatic N) is 3. The number of hydrogen-bond donors (Lipinski definition) is 1. The molecule has 1 aromatic carbocycles. The molecule has 2 aromatic rings. The van der Waals surface area contributed by atoms with E-state index < -0.39 is 24.7 Å². The Labute approximate surface area is 137 Å². The van der Waals surface area contributed by atoms with Crippen LogP contribution in [0.3, 0.4) is 0 Å². The molecule has 1 aromatic heterocycles. The highest BCUT2D eigenvalue weighted by molar-refractivity contribution is 5.87. The summed E-state index contributed by atoms with van der Waals surface area (Å²) in [6, 6.07) is 8.82. The Morgan fingerprint density at radius 1 is 1.29 bits per heavy atom. The summed E-state index contributed by atoms with van der Waals surface area (Å²) < 4.78 is 39.1. The zero-order valence-electron chi connectivity index (χ0n) is 13.0. The van der Waals surface area contributed by atoms with Gasteiger partial charge in [-0.3, -0.25) is 4.79 Å². The van der Waals surface area contributed by atoms with Crippen LogP contribution in [-0.2, 0) is 4.79 Å². The van der Waals surface area contributed by atoms with Gasteiger partial charge in [-0.15, -0.1) is 0 Å². The first kappa shape index (κ1) is 16.4. The zero-order chi connectivity index (χ0) is 17.3. The molecule has 1 unspecified atom stereocenters. The van der Waals surface area contributed by atoms with E-state index in [1.807, 2.05) is 37.3 Å². The molecule has 1 amide bonds. The van der Waals surface area contributed by atoms with Crippen molar-refractivity contribution in [1.29, 1.82) is 0 Å². The number of benzene rings is 1. The van der Waals surface area contributed by atoms with Crippen LogP contribution in [0.5, 0.6) is 0 Å². The molecular formula is C16H17F3N4O. The van der Waals surface area contributed by atoms with Crippen molar-refractivity contribution in [2.45, 2.75) is 25.6 Å². The molecule has 0 bridgehead atoms. The quantitative estimate of drug-likeness (QED) is 0.933. The molecule has 1 aliphatic heterocycles. The Morgan fingerprint density at radius 3 is 2.67 bits per heavy atom. The number of alkyl halides is 3. The standard InChI is InChI=1S/C16H17F3N4O/c1-11-14(9-20-23(11)12-5-3-2-4-6-12)21-13-7-8-22(15(13)24)10-16(17,18)19/h2-6,9,13,21H,7-8,10H2,1H3. The molecule has 24 heavy (non-hydrogen) atoms. The number of amides is 1. The van der Waals surface area contributed by atoms with Crippen LogP contribution in [0, 0.1) is 6.92 Å². The maximum Gasteiger partial charge on any atom is 0.406 e. The van der Waals surface area contributed by atoms with Crippen LogP contribution in [0.2, 0.25) is 0 Å². The van der Waals surface area contributed by atoms with Gasteiger partial charge in [0.2, 0.25) is 5.91 Å². The van der Waals surface area contributed by atoms with Gasteiger partial charge in [-0.25, -0.2) is 4.68 Å². The molecule has 1 fully saturated rings. The van der Waals surface area contributed by atoms with Crippen LogP contribution in [-0.4, -0.2) is 45.9 Å². The number of para-hydroxylation sites is 1. The van der Waals surface area contributed by atoms with Crippen molar-refractivity contribution >= 4 is 11.6 Å². The fraction of sp³-hybridized carbons (Fsp3) is 0.375. The van der Waals surface area contributed by atoms with Crippen molar-refractivity contribution in [2.24, 2.45) is 0 Å². The summed E-state index contributed by atoms with van der Waals surface area (Å²) in [4.78, 5) is 13.0. The predicted molar refractivity (Wildman–Crippen MR) is 83.0 cm³/mol. The van der Waals surface area contributed by atoms with Gasteiger partial charge in [0.05, 0.1) is 23.3 Å². The van der Waals surface area contributed by atoms with Gasteiger partial charge in [-0.05, 0) is 25.5 Å². The van der Waals surface area contributed by atoms with Gasteiger partial charge in [0.25, 0.3) is 0 Å². The number of carbonyl (C=O) groups excluding carboxylic acids is 1. The van der Waals surface area contributed by atoms with Gasteiger partial charge in [0.1, 0.15) is 12.6 Å². The second-order valence-electron chi connectivity index (χ2n) is 5.75. The third-order valence-electron chi connectivity index (χ3n) is 4.01. The summed E-state index contributed by atoms with van der Waals surface area (Å²) in [5, 5.41) is 7.30. The van der Waals surface area contributed by atoms with Crippen LogP contribution < -0.4 is 5.32 Å². The van der Waals surface area contributed by atoms with Crippen LogP contribution in [0.25, 0.3) is 5.69 Å². The summed E-state index contributed by atoms with van der Waals surface area (Å²) in [6.45, 7) is 0.739. The summed E-state index contributed by atoms with van der Waals surface area (Å²) in [7, 11) is 0. The molecule has 1 saturated heterocycles. The summed E-state index contributed by atoms with van der Waals surface area (Å²) in [6.07, 6.45) is -2.45. The van der Waals surface area contributed by atoms with Crippen LogP contribution in [0.4, 0.5) is 18.9 Å². The minimum Gasteiger partial charge on any atom is -0.371 e. The molecule has 2 heterocycles. The maximum absolute atomic E-state index is 12.5. The third-order valence-corrected chi connectivity index (χ3v) is 4.01. The van der Waals surface area contributed by atoms with Crippen molar-refractivity contribution in [3.05, 3.63) is 42.2 Å². The van der Waals surface area contributed by atoms with E-state index in [1.165, 1.54) is 0 Å². The normalized spacial score (nSPS) is 18.2. The minimum atomic E-state index is -4.38. The van der Waals surface area contributed by atoms with E-state index in [2.05, 4.69) is 10.4 Å². The van der Waals surface area contributed by atoms with E-state index in [-0.39, 0.29) is 6.54 Å². The highest BCUT2D eigenvalue weighted by Crippen LogP contribution is 2.25. The minimum absolute atomic E-state index is 0.0991. The third kappa shape index (κ3) is 3.37. The SMILES string of the molecule is Cc1c(NC2CCN(CC(F)(F)F)C2=O)cnn1-c1ccccc1. The molecule has 0 spiro atoms. The highest BCUT2D eigenvalue weighted by Gasteiger charge is 2.39. The van der Waals surface area contributed by atoms with E-state index in [9.17, 15) is 18.0 Å². The lowest BCUT2D eigenvalue weighted by molar-refractivity contribution is -0.157. The van der Waals surface area contributed by atoms with Crippen molar-refractivity contribution in [1.82, 2.24) is 14.7 Å². The molecule has 5 nitrogen and oxygen atoms in total. The van der Waals surface area contributed by atoms with Crippen molar-refractivity contribution in [2.75, 3.05) is 18.4 Å². The van der Waals surface area contributed by atoms with E-state index in [0.29, 0.717) is 12.1 Å². The summed E-state index contributed by atoms with van der Waals surface area (Å²) in [5.41, 5.74) is 2.31. The fourth-order valence-electron chi connectivity index (χ4n) is 2.81. The fourth-order valence-corrected chi connectivity index (χ4v) is 2.81. The second kappa shape index (κ2) is 6.18. The van der Waals surface area contributed by atoms with Crippen LogP contribution in [0.15, 0.2) is 36.5 Å². The van der Waals surface area contributed by atoms with E-state index >= 15 is 0 Å². The average molecular weight is 338 g/mol. The van der Waals surface area contributed by atoms with E-state index in [1.54, 1.807) is 10.9 Å². The predicted octanol–water partition coefficient (Wildman–Crippen LogP) is 2.76. The lowest BCUT2D eigenvalue weighted by Crippen LogP contribution is -2.39. The molecule has 0 aliphatic carbocycles. The lowest BCUT2D eigenvalue weighted by Gasteiger charge is -2.19. The number of likely N-dealkylation sites (tertiary alicyclic amines) is 1. The molecule has 3 rings (SSSR count). The topological polar surface area (TPSA) is 50.2 Å². The molecule has 128 valence electrons. The molecule has 0 radical (unpaired) electrons. The number of hydrogen-bond acceptors (Lipinski definition) is 3.